The Hall–Kier alpha value is -2.02. The number of likely N-dealkylation sites (tertiary alicyclic amines) is 1. The molecule has 0 bridgehead atoms. The lowest BCUT2D eigenvalue weighted by molar-refractivity contribution is -0.139. The number of nitrogens with zero attached hydrogens (tertiary/aromatic N) is 3. The Balaban J connectivity index is 1.24. The van der Waals surface area contributed by atoms with Crippen molar-refractivity contribution in [3.63, 3.8) is 0 Å². The van der Waals surface area contributed by atoms with E-state index in [0.29, 0.717) is 18.4 Å². The van der Waals surface area contributed by atoms with E-state index in [1.807, 2.05) is 24.3 Å². The lowest BCUT2D eigenvalue weighted by Crippen LogP contribution is -2.64. The van der Waals surface area contributed by atoms with Crippen LogP contribution in [0.25, 0.3) is 0 Å². The first kappa shape index (κ1) is 18.3. The number of methoxy groups -OCH3 is 1. The monoisotopic (exact) mass is 369 g/mol. The van der Waals surface area contributed by atoms with E-state index in [1.54, 1.807) is 19.5 Å². The standard InChI is InChI=1S/C21H27N3O3/c1-25-20-17(5-4-10-23-20)13-24-15-21(16-24)18(8-12-27-21)7-11-26-14-19-6-2-3-9-22-19/h2-6,9-10,18H,7-8,11-16H2,1H3/t18-/m1/s1. The zero-order valence-corrected chi connectivity index (χ0v) is 15.8. The fourth-order valence-corrected chi connectivity index (χ4v) is 4.22. The molecule has 0 aliphatic carbocycles. The molecule has 0 unspecified atom stereocenters. The minimum atomic E-state index is 0.00377. The van der Waals surface area contributed by atoms with E-state index in [-0.39, 0.29) is 5.60 Å². The summed E-state index contributed by atoms with van der Waals surface area (Å²) < 4.78 is 17.4. The zero-order valence-electron chi connectivity index (χ0n) is 15.8. The van der Waals surface area contributed by atoms with Crippen LogP contribution in [0.1, 0.15) is 24.1 Å². The largest absolute Gasteiger partial charge is 0.481 e. The van der Waals surface area contributed by atoms with E-state index in [4.69, 9.17) is 14.2 Å². The Kier molecular flexibility index (Phi) is 5.66. The van der Waals surface area contributed by atoms with Gasteiger partial charge in [-0.15, -0.1) is 0 Å². The highest BCUT2D eigenvalue weighted by Crippen LogP contribution is 2.42. The van der Waals surface area contributed by atoms with Crippen LogP contribution < -0.4 is 4.74 Å². The van der Waals surface area contributed by atoms with Crippen molar-refractivity contribution in [2.24, 2.45) is 5.92 Å². The van der Waals surface area contributed by atoms with Crippen LogP contribution in [-0.4, -0.2) is 53.9 Å². The van der Waals surface area contributed by atoms with Crippen LogP contribution in [0.4, 0.5) is 0 Å². The normalized spacial score (nSPS) is 21.3. The highest BCUT2D eigenvalue weighted by atomic mass is 16.5. The first-order valence-corrected chi connectivity index (χ1v) is 9.61. The number of hydrogen-bond acceptors (Lipinski definition) is 6. The predicted molar refractivity (Wildman–Crippen MR) is 101 cm³/mol. The molecular weight excluding hydrogens is 342 g/mol. The Bertz CT molecular complexity index is 734. The average Bonchev–Trinajstić information content (AvgIpc) is 3.10. The third-order valence-corrected chi connectivity index (χ3v) is 5.61. The molecule has 0 saturated carbocycles. The first-order valence-electron chi connectivity index (χ1n) is 9.61. The minimum Gasteiger partial charge on any atom is -0.481 e. The Morgan fingerprint density at radius 3 is 2.89 bits per heavy atom. The van der Waals surface area contributed by atoms with Crippen LogP contribution in [0.2, 0.25) is 0 Å². The van der Waals surface area contributed by atoms with Gasteiger partial charge >= 0.3 is 0 Å². The van der Waals surface area contributed by atoms with Gasteiger partial charge in [0.15, 0.2) is 0 Å². The second-order valence-corrected chi connectivity index (χ2v) is 7.38. The molecule has 1 spiro atoms. The molecule has 0 aromatic carbocycles. The molecule has 1 atom stereocenters. The number of hydrogen-bond donors (Lipinski definition) is 0. The summed E-state index contributed by atoms with van der Waals surface area (Å²) in [6.07, 6.45) is 5.73. The molecule has 6 heteroatoms. The molecule has 2 fully saturated rings. The Morgan fingerprint density at radius 2 is 2.07 bits per heavy atom. The van der Waals surface area contributed by atoms with Crippen molar-refractivity contribution in [2.75, 3.05) is 33.4 Å². The summed E-state index contributed by atoms with van der Waals surface area (Å²) >= 11 is 0. The van der Waals surface area contributed by atoms with Crippen LogP contribution in [0.5, 0.6) is 5.88 Å². The van der Waals surface area contributed by atoms with Crippen molar-refractivity contribution < 1.29 is 14.2 Å². The number of pyridine rings is 2. The molecule has 2 aliphatic rings. The van der Waals surface area contributed by atoms with Crippen molar-refractivity contribution in [1.82, 2.24) is 14.9 Å². The summed E-state index contributed by atoms with van der Waals surface area (Å²) in [6, 6.07) is 9.95. The van der Waals surface area contributed by atoms with Gasteiger partial charge < -0.3 is 14.2 Å². The maximum atomic E-state index is 6.17. The maximum Gasteiger partial charge on any atom is 0.217 e. The van der Waals surface area contributed by atoms with Gasteiger partial charge in [0.1, 0.15) is 0 Å². The summed E-state index contributed by atoms with van der Waals surface area (Å²) in [5, 5.41) is 0. The molecule has 6 nitrogen and oxygen atoms in total. The minimum absolute atomic E-state index is 0.00377. The Morgan fingerprint density at radius 1 is 1.19 bits per heavy atom. The number of aromatic nitrogens is 2. The van der Waals surface area contributed by atoms with Gasteiger partial charge in [-0.3, -0.25) is 9.88 Å². The van der Waals surface area contributed by atoms with Crippen LogP contribution in [-0.2, 0) is 22.6 Å². The lowest BCUT2D eigenvalue weighted by Gasteiger charge is -2.50. The second kappa shape index (κ2) is 8.33. The summed E-state index contributed by atoms with van der Waals surface area (Å²) in [6.45, 7) is 4.98. The molecule has 4 heterocycles. The molecule has 27 heavy (non-hydrogen) atoms. The quantitative estimate of drug-likeness (QED) is 0.667. The molecular formula is C21H27N3O3. The molecule has 2 aromatic heterocycles. The second-order valence-electron chi connectivity index (χ2n) is 7.38. The summed E-state index contributed by atoms with van der Waals surface area (Å²) in [5.74, 6) is 1.28. The molecule has 2 aromatic rings. The maximum absolute atomic E-state index is 6.17. The average molecular weight is 369 g/mol. The summed E-state index contributed by atoms with van der Waals surface area (Å²) in [7, 11) is 1.67. The van der Waals surface area contributed by atoms with Gasteiger partial charge in [-0.05, 0) is 37.0 Å². The molecule has 2 saturated heterocycles. The van der Waals surface area contributed by atoms with Crippen molar-refractivity contribution in [3.05, 3.63) is 54.0 Å². The molecule has 4 rings (SSSR count). The highest BCUT2D eigenvalue weighted by Gasteiger charge is 2.52. The summed E-state index contributed by atoms with van der Waals surface area (Å²) in [4.78, 5) is 11.0. The number of rotatable bonds is 8. The van der Waals surface area contributed by atoms with Crippen LogP contribution in [0.3, 0.4) is 0 Å². The van der Waals surface area contributed by atoms with E-state index < -0.39 is 0 Å². The van der Waals surface area contributed by atoms with E-state index in [1.165, 1.54) is 0 Å². The van der Waals surface area contributed by atoms with Gasteiger partial charge in [0.25, 0.3) is 0 Å². The molecule has 0 amide bonds. The van der Waals surface area contributed by atoms with E-state index >= 15 is 0 Å². The number of ether oxygens (including phenoxy) is 3. The summed E-state index contributed by atoms with van der Waals surface area (Å²) in [5.41, 5.74) is 2.11. The van der Waals surface area contributed by atoms with Gasteiger partial charge in [-0.25, -0.2) is 4.98 Å². The SMILES string of the molecule is COc1ncccc1CN1CC2(C1)OCC[C@H]2CCOCc1ccccn1. The van der Waals surface area contributed by atoms with E-state index in [0.717, 1.165) is 56.9 Å². The van der Waals surface area contributed by atoms with Crippen molar-refractivity contribution >= 4 is 0 Å². The highest BCUT2D eigenvalue weighted by molar-refractivity contribution is 5.26. The third-order valence-electron chi connectivity index (χ3n) is 5.61. The van der Waals surface area contributed by atoms with Crippen LogP contribution in [0.15, 0.2) is 42.7 Å². The van der Waals surface area contributed by atoms with Gasteiger partial charge in [0.2, 0.25) is 5.88 Å². The molecule has 144 valence electrons. The van der Waals surface area contributed by atoms with E-state index in [2.05, 4.69) is 20.9 Å². The van der Waals surface area contributed by atoms with Crippen LogP contribution >= 0.6 is 0 Å². The molecule has 2 aliphatic heterocycles. The first-order chi connectivity index (χ1) is 13.3. The van der Waals surface area contributed by atoms with Gasteiger partial charge in [-0.1, -0.05) is 12.1 Å². The smallest absolute Gasteiger partial charge is 0.217 e. The fraction of sp³-hybridized carbons (Fsp3) is 0.524. The predicted octanol–water partition coefficient (Wildman–Crippen LogP) is 2.68. The van der Waals surface area contributed by atoms with Crippen molar-refractivity contribution in [3.8, 4) is 5.88 Å². The zero-order chi connectivity index (χ0) is 18.5. The fourth-order valence-electron chi connectivity index (χ4n) is 4.22. The molecule has 0 N–H and O–H groups in total. The van der Waals surface area contributed by atoms with Gasteiger partial charge in [-0.2, -0.15) is 0 Å². The van der Waals surface area contributed by atoms with Gasteiger partial charge in [0, 0.05) is 50.8 Å². The lowest BCUT2D eigenvalue weighted by atomic mass is 9.79. The van der Waals surface area contributed by atoms with Crippen LogP contribution in [0, 0.1) is 5.92 Å². The Labute approximate surface area is 160 Å². The van der Waals surface area contributed by atoms with Crippen molar-refractivity contribution in [1.29, 1.82) is 0 Å². The van der Waals surface area contributed by atoms with Gasteiger partial charge in [0.05, 0.1) is 25.0 Å². The molecule has 0 radical (unpaired) electrons. The van der Waals surface area contributed by atoms with E-state index in [9.17, 15) is 0 Å². The van der Waals surface area contributed by atoms with Crippen molar-refractivity contribution in [2.45, 2.75) is 31.6 Å². The topological polar surface area (TPSA) is 56.7 Å². The third kappa shape index (κ3) is 4.13.